The van der Waals surface area contributed by atoms with Crippen molar-refractivity contribution in [3.05, 3.63) is 48.2 Å². The molecule has 5 rings (SSSR count). The maximum Gasteiger partial charge on any atom is 0.365 e. The fraction of sp³-hybridized carbons (Fsp3) is 0.579. The van der Waals surface area contributed by atoms with Gasteiger partial charge in [-0.2, -0.15) is 11.8 Å². The Morgan fingerprint density at radius 3 is 2.11 bits per heavy atom. The molecule has 0 unspecified atom stereocenters. The van der Waals surface area contributed by atoms with E-state index >= 15 is 0 Å². The minimum absolute atomic E-state index is 0.0103. The van der Waals surface area contributed by atoms with Gasteiger partial charge in [0.05, 0.1) is 83.7 Å². The molecule has 3 N–H and O–H groups in total. The molecule has 3 fully saturated rings. The summed E-state index contributed by atoms with van der Waals surface area (Å²) in [6, 6.07) is 10.2. The number of ether oxygens (including phenoxy) is 7. The van der Waals surface area contributed by atoms with Crippen LogP contribution in [0.3, 0.4) is 0 Å². The number of nitrogens with zero attached hydrogens (tertiary/aromatic N) is 2. The molecule has 1 aromatic heterocycles. The zero-order valence-corrected chi connectivity index (χ0v) is 32.6. The third-order valence-corrected chi connectivity index (χ3v) is 10.3. The van der Waals surface area contributed by atoms with Crippen molar-refractivity contribution >= 4 is 41.5 Å². The van der Waals surface area contributed by atoms with Gasteiger partial charge < -0.3 is 53.9 Å². The number of urea groups is 1. The summed E-state index contributed by atoms with van der Waals surface area (Å²) in [6.07, 6.45) is 4.53. The Balaban J connectivity index is 0.760. The Bertz CT molecular complexity index is 1590. The summed E-state index contributed by atoms with van der Waals surface area (Å²) in [6.45, 7) is 5.01. The molecule has 0 radical (unpaired) electrons. The molecule has 4 heterocycles. The predicted octanol–water partition coefficient (Wildman–Crippen LogP) is 2.40. The predicted molar refractivity (Wildman–Crippen MR) is 204 cm³/mol. The minimum Gasteiger partial charge on any atom is -0.491 e. The minimum atomic E-state index is -0.874. The SMILES string of the molecule is O=C(CCCC[C@@H]1SC[C@@H]2NC(=O)N[C@@H]21)NCCOCCOCCOCCOCCOCCOc1cccc(Oc2ccc(C(=O)ON3C(=O)CCC3=O)cn2)c1. The molecule has 0 saturated carbocycles. The standard InChI is InChI=1S/C38H51N5O13S/c44-32(7-2-1-6-31-36-30(26-57-31)41-38(48)42-36)39-12-13-49-14-15-50-16-17-51-18-19-52-20-21-53-22-23-54-28-4-3-5-29(24-28)55-33-9-8-27(25-40-33)37(47)56-43-34(45)10-11-35(43)46/h3-5,8-9,24-25,30-31,36H,1-2,6-7,10-23,26H2,(H,39,44)(H2,41,42,48)/t30-,31-,36-/m0/s1. The van der Waals surface area contributed by atoms with Crippen LogP contribution in [0.1, 0.15) is 48.9 Å². The number of carbonyl (C=O) groups is 5. The number of benzene rings is 1. The van der Waals surface area contributed by atoms with Crippen LogP contribution in [0, 0.1) is 0 Å². The summed E-state index contributed by atoms with van der Waals surface area (Å²) in [5.74, 6) is 0.226. The van der Waals surface area contributed by atoms with Gasteiger partial charge in [0, 0.05) is 55.1 Å². The number of unbranched alkanes of at least 4 members (excludes halogenated alkanes) is 1. The number of pyridine rings is 1. The largest absolute Gasteiger partial charge is 0.491 e. The average molecular weight is 818 g/mol. The first-order valence-electron chi connectivity index (χ1n) is 19.1. The lowest BCUT2D eigenvalue weighted by Gasteiger charge is -2.16. The normalized spacial score (nSPS) is 18.6. The molecule has 0 aliphatic carbocycles. The van der Waals surface area contributed by atoms with Crippen LogP contribution in [-0.2, 0) is 42.9 Å². The maximum atomic E-state index is 12.3. The van der Waals surface area contributed by atoms with Crippen molar-refractivity contribution in [2.45, 2.75) is 55.9 Å². The summed E-state index contributed by atoms with van der Waals surface area (Å²) in [7, 11) is 0. The van der Waals surface area contributed by atoms with Crippen LogP contribution in [0.15, 0.2) is 42.6 Å². The Labute approximate surface area is 335 Å². The Kier molecular flexibility index (Phi) is 18.6. The summed E-state index contributed by atoms with van der Waals surface area (Å²) in [4.78, 5) is 68.1. The molecule has 19 heteroatoms. The van der Waals surface area contributed by atoms with Crippen molar-refractivity contribution in [1.82, 2.24) is 26.0 Å². The van der Waals surface area contributed by atoms with Crippen LogP contribution in [0.25, 0.3) is 0 Å². The van der Waals surface area contributed by atoms with E-state index in [0.717, 1.165) is 25.0 Å². The number of rotatable bonds is 28. The van der Waals surface area contributed by atoms with Gasteiger partial charge in [-0.1, -0.05) is 12.5 Å². The number of hydrogen-bond donors (Lipinski definition) is 3. The second-order valence-corrected chi connectivity index (χ2v) is 14.3. The van der Waals surface area contributed by atoms with Gasteiger partial charge in [0.1, 0.15) is 18.1 Å². The quantitative estimate of drug-likeness (QED) is 0.0640. The molecule has 3 atom stereocenters. The second kappa shape index (κ2) is 24.3. The summed E-state index contributed by atoms with van der Waals surface area (Å²) in [5.41, 5.74) is 0.0549. The van der Waals surface area contributed by atoms with Crippen LogP contribution in [0.5, 0.6) is 17.4 Å². The third-order valence-electron chi connectivity index (χ3n) is 8.81. The molecule has 3 aliphatic heterocycles. The zero-order chi connectivity index (χ0) is 40.1. The molecular formula is C38H51N5O13S. The van der Waals surface area contributed by atoms with Gasteiger partial charge in [-0.15, -0.1) is 5.06 Å². The second-order valence-electron chi connectivity index (χ2n) is 13.1. The van der Waals surface area contributed by atoms with E-state index in [1.54, 1.807) is 24.3 Å². The molecule has 0 spiro atoms. The molecule has 312 valence electrons. The van der Waals surface area contributed by atoms with Crippen molar-refractivity contribution in [2.24, 2.45) is 0 Å². The highest BCUT2D eigenvalue weighted by atomic mass is 32.2. The van der Waals surface area contributed by atoms with Crippen molar-refractivity contribution in [1.29, 1.82) is 0 Å². The highest BCUT2D eigenvalue weighted by molar-refractivity contribution is 8.00. The molecule has 57 heavy (non-hydrogen) atoms. The van der Waals surface area contributed by atoms with Gasteiger partial charge in [-0.3, -0.25) is 14.4 Å². The van der Waals surface area contributed by atoms with Gasteiger partial charge in [-0.25, -0.2) is 14.6 Å². The highest BCUT2D eigenvalue weighted by Gasteiger charge is 2.42. The fourth-order valence-corrected chi connectivity index (χ4v) is 7.47. The summed E-state index contributed by atoms with van der Waals surface area (Å²) >= 11 is 1.89. The van der Waals surface area contributed by atoms with E-state index in [9.17, 15) is 24.0 Å². The molecule has 18 nitrogen and oxygen atoms in total. The zero-order valence-electron chi connectivity index (χ0n) is 31.8. The number of nitrogens with one attached hydrogen (secondary N) is 3. The average Bonchev–Trinajstić information content (AvgIpc) is 3.87. The lowest BCUT2D eigenvalue weighted by atomic mass is 10.0. The van der Waals surface area contributed by atoms with E-state index in [0.29, 0.717) is 107 Å². The van der Waals surface area contributed by atoms with Gasteiger partial charge >= 0.3 is 12.0 Å². The smallest absolute Gasteiger partial charge is 0.365 e. The van der Waals surface area contributed by atoms with E-state index in [1.165, 1.54) is 18.3 Å². The summed E-state index contributed by atoms with van der Waals surface area (Å²) in [5, 5.41) is 9.73. The van der Waals surface area contributed by atoms with Gasteiger partial charge in [0.25, 0.3) is 11.8 Å². The van der Waals surface area contributed by atoms with E-state index in [1.807, 2.05) is 11.8 Å². The van der Waals surface area contributed by atoms with Crippen LogP contribution in [0.4, 0.5) is 4.79 Å². The van der Waals surface area contributed by atoms with Crippen molar-refractivity contribution < 1.29 is 62.0 Å². The number of aromatic nitrogens is 1. The topological polar surface area (TPSA) is 211 Å². The monoisotopic (exact) mass is 817 g/mol. The number of imide groups is 1. The maximum absolute atomic E-state index is 12.3. The molecule has 2 aromatic rings. The van der Waals surface area contributed by atoms with E-state index in [-0.39, 0.29) is 48.3 Å². The van der Waals surface area contributed by atoms with E-state index in [2.05, 4.69) is 20.9 Å². The van der Waals surface area contributed by atoms with Crippen molar-refractivity contribution in [2.75, 3.05) is 85.0 Å². The van der Waals surface area contributed by atoms with Crippen molar-refractivity contribution in [3.63, 3.8) is 0 Å². The molecule has 0 bridgehead atoms. The van der Waals surface area contributed by atoms with Gasteiger partial charge in [0.15, 0.2) is 0 Å². The Morgan fingerprint density at radius 2 is 1.44 bits per heavy atom. The number of fused-ring (bicyclic) bond motifs is 1. The molecule has 3 saturated heterocycles. The van der Waals surface area contributed by atoms with Crippen molar-refractivity contribution in [3.8, 4) is 17.4 Å². The molecular weight excluding hydrogens is 767 g/mol. The number of amides is 5. The van der Waals surface area contributed by atoms with Crippen LogP contribution in [-0.4, -0.2) is 142 Å². The first-order chi connectivity index (χ1) is 27.9. The first-order valence-corrected chi connectivity index (χ1v) is 20.2. The van der Waals surface area contributed by atoms with Gasteiger partial charge in [-0.05, 0) is 31.0 Å². The molecule has 5 amide bonds. The van der Waals surface area contributed by atoms with Crippen LogP contribution < -0.4 is 25.4 Å². The number of carbonyl (C=O) groups excluding carboxylic acids is 5. The lowest BCUT2D eigenvalue weighted by molar-refractivity contribution is -0.172. The van der Waals surface area contributed by atoms with Crippen LogP contribution >= 0.6 is 11.8 Å². The molecule has 1 aromatic carbocycles. The fourth-order valence-electron chi connectivity index (χ4n) is 5.93. The Hall–Kier alpha value is -4.53. The van der Waals surface area contributed by atoms with Gasteiger partial charge in [0.2, 0.25) is 11.8 Å². The Morgan fingerprint density at radius 1 is 0.789 bits per heavy atom. The number of hydrogen-bond acceptors (Lipinski definition) is 15. The first kappa shape index (κ1) is 43.6. The lowest BCUT2D eigenvalue weighted by Crippen LogP contribution is -2.36. The van der Waals surface area contributed by atoms with Crippen LogP contribution in [0.2, 0.25) is 0 Å². The summed E-state index contributed by atoms with van der Waals surface area (Å²) < 4.78 is 39.1. The van der Waals surface area contributed by atoms with E-state index in [4.69, 9.17) is 38.0 Å². The highest BCUT2D eigenvalue weighted by Crippen LogP contribution is 2.33. The molecule has 3 aliphatic rings. The third kappa shape index (κ3) is 15.4. The number of thioether (sulfide) groups is 1. The van der Waals surface area contributed by atoms with E-state index < -0.39 is 17.8 Å². The number of hydroxylamine groups is 2.